The Bertz CT molecular complexity index is 648. The van der Waals surface area contributed by atoms with Gasteiger partial charge in [-0.2, -0.15) is 0 Å². The van der Waals surface area contributed by atoms with Crippen molar-refractivity contribution in [3.05, 3.63) is 48.0 Å². The molecule has 25 heavy (non-hydrogen) atoms. The summed E-state index contributed by atoms with van der Waals surface area (Å²) in [5, 5.41) is 8.95. The molecule has 2 rings (SSSR count). The van der Waals surface area contributed by atoms with Crippen LogP contribution in [-0.4, -0.2) is 37.2 Å². The number of esters is 2. The van der Waals surface area contributed by atoms with E-state index in [1.54, 1.807) is 12.2 Å². The molecule has 1 N–H and O–H groups in total. The van der Waals surface area contributed by atoms with Crippen molar-refractivity contribution < 1.29 is 29.0 Å². The van der Waals surface area contributed by atoms with E-state index in [-0.39, 0.29) is 24.7 Å². The molecule has 1 saturated carbocycles. The van der Waals surface area contributed by atoms with Gasteiger partial charge in [0.15, 0.2) is 5.41 Å². The lowest BCUT2D eigenvalue weighted by Gasteiger charge is -2.27. The van der Waals surface area contributed by atoms with E-state index in [2.05, 4.69) is 0 Å². The molecule has 1 aliphatic carbocycles. The van der Waals surface area contributed by atoms with E-state index in [1.165, 1.54) is 14.2 Å². The number of carbonyl (C=O) groups is 3. The van der Waals surface area contributed by atoms with Crippen LogP contribution in [0.4, 0.5) is 0 Å². The second-order valence-corrected chi connectivity index (χ2v) is 6.20. The third-order valence-corrected chi connectivity index (χ3v) is 4.51. The largest absolute Gasteiger partial charge is 0.481 e. The zero-order chi connectivity index (χ0) is 18.4. The number of allylic oxidation sites excluding steroid dienone is 2. The van der Waals surface area contributed by atoms with E-state index >= 15 is 0 Å². The van der Waals surface area contributed by atoms with E-state index in [1.807, 2.05) is 30.3 Å². The van der Waals surface area contributed by atoms with E-state index in [9.17, 15) is 14.4 Å². The topological polar surface area (TPSA) is 89.9 Å². The summed E-state index contributed by atoms with van der Waals surface area (Å²) in [6, 6.07) is 9.15. The van der Waals surface area contributed by atoms with Gasteiger partial charge in [0.2, 0.25) is 0 Å². The summed E-state index contributed by atoms with van der Waals surface area (Å²) in [5.74, 6) is -2.60. The molecule has 0 aromatic heterocycles. The maximum absolute atomic E-state index is 12.5. The number of rotatable bonds is 8. The summed E-state index contributed by atoms with van der Waals surface area (Å²) in [7, 11) is 2.46. The third kappa shape index (κ3) is 4.26. The van der Waals surface area contributed by atoms with Crippen LogP contribution in [0.1, 0.15) is 18.4 Å². The van der Waals surface area contributed by atoms with Gasteiger partial charge < -0.3 is 14.6 Å². The molecule has 6 nitrogen and oxygen atoms in total. The average molecular weight is 346 g/mol. The lowest BCUT2D eigenvalue weighted by molar-refractivity contribution is -0.169. The van der Waals surface area contributed by atoms with Crippen LogP contribution in [0, 0.1) is 17.3 Å². The SMILES string of the molecule is COC(=O)C(C/C=C\[C@H]1C[C@H]1C(=O)O)(Cc1ccccc1)C(=O)OC. The molecule has 0 aliphatic heterocycles. The lowest BCUT2D eigenvalue weighted by Crippen LogP contribution is -2.43. The standard InChI is InChI=1S/C19H22O6/c1-24-17(22)19(18(23)25-2,12-13-7-4-3-5-8-13)10-6-9-14-11-15(14)16(20)21/h3-9,14-15H,10-12H2,1-2H3,(H,20,21)/b9-6-/t14-,15+/m0/s1. The predicted molar refractivity (Wildman–Crippen MR) is 89.6 cm³/mol. The Morgan fingerprint density at radius 3 is 2.24 bits per heavy atom. The second-order valence-electron chi connectivity index (χ2n) is 6.20. The van der Waals surface area contributed by atoms with Gasteiger partial charge in [-0.1, -0.05) is 42.5 Å². The Balaban J connectivity index is 2.23. The highest BCUT2D eigenvalue weighted by molar-refractivity contribution is 6.00. The first kappa shape index (κ1) is 18.7. The van der Waals surface area contributed by atoms with Crippen molar-refractivity contribution >= 4 is 17.9 Å². The first-order valence-electron chi connectivity index (χ1n) is 8.05. The molecule has 6 heteroatoms. The Morgan fingerprint density at radius 1 is 1.16 bits per heavy atom. The molecule has 0 unspecified atom stereocenters. The molecule has 0 radical (unpaired) electrons. The highest BCUT2D eigenvalue weighted by Crippen LogP contribution is 2.40. The number of hydrogen-bond donors (Lipinski definition) is 1. The molecule has 1 aliphatic rings. The molecule has 1 fully saturated rings. The number of carboxylic acid groups (broad SMARTS) is 1. The fourth-order valence-electron chi connectivity index (χ4n) is 2.96. The molecular weight excluding hydrogens is 324 g/mol. The summed E-state index contributed by atoms with van der Waals surface area (Å²) < 4.78 is 9.75. The number of benzene rings is 1. The minimum atomic E-state index is -1.49. The van der Waals surface area contributed by atoms with Crippen LogP contribution in [0.15, 0.2) is 42.5 Å². The molecule has 134 valence electrons. The molecule has 0 amide bonds. The summed E-state index contributed by atoms with van der Waals surface area (Å²) in [6.45, 7) is 0. The smallest absolute Gasteiger partial charge is 0.323 e. The first-order valence-corrected chi connectivity index (χ1v) is 8.05. The Kier molecular flexibility index (Phi) is 5.96. The minimum Gasteiger partial charge on any atom is -0.481 e. The number of methoxy groups -OCH3 is 2. The predicted octanol–water partition coefficient (Wildman–Crippen LogP) is 2.23. The summed E-state index contributed by atoms with van der Waals surface area (Å²) >= 11 is 0. The van der Waals surface area contributed by atoms with Crippen molar-refractivity contribution in [3.8, 4) is 0 Å². The van der Waals surface area contributed by atoms with Crippen LogP contribution in [0.25, 0.3) is 0 Å². The second kappa shape index (κ2) is 7.96. The van der Waals surface area contributed by atoms with Crippen LogP contribution in [0.3, 0.4) is 0 Å². The molecule has 2 atom stereocenters. The van der Waals surface area contributed by atoms with Gasteiger partial charge in [-0.05, 0) is 30.7 Å². The summed E-state index contributed by atoms with van der Waals surface area (Å²) in [5.41, 5.74) is -0.684. The Labute approximate surface area is 146 Å². The lowest BCUT2D eigenvalue weighted by atomic mass is 9.78. The molecule has 1 aromatic carbocycles. The fourth-order valence-corrected chi connectivity index (χ4v) is 2.96. The molecular formula is C19H22O6. The minimum absolute atomic E-state index is 0.0535. The normalized spacial score (nSPS) is 19.4. The van der Waals surface area contributed by atoms with Crippen LogP contribution in [0.2, 0.25) is 0 Å². The van der Waals surface area contributed by atoms with Crippen molar-refractivity contribution in [2.45, 2.75) is 19.3 Å². The number of aliphatic carboxylic acids is 1. The van der Waals surface area contributed by atoms with E-state index in [0.717, 1.165) is 5.56 Å². The molecule has 0 heterocycles. The van der Waals surface area contributed by atoms with Crippen LogP contribution < -0.4 is 0 Å². The molecule has 0 bridgehead atoms. The Morgan fingerprint density at radius 2 is 1.76 bits per heavy atom. The number of carboxylic acids is 1. The third-order valence-electron chi connectivity index (χ3n) is 4.51. The molecule has 0 saturated heterocycles. The van der Waals surface area contributed by atoms with Gasteiger partial charge in [0.25, 0.3) is 0 Å². The highest BCUT2D eigenvalue weighted by atomic mass is 16.5. The molecule has 0 spiro atoms. The van der Waals surface area contributed by atoms with Crippen molar-refractivity contribution in [1.29, 1.82) is 0 Å². The maximum Gasteiger partial charge on any atom is 0.323 e. The van der Waals surface area contributed by atoms with E-state index in [4.69, 9.17) is 14.6 Å². The zero-order valence-electron chi connectivity index (χ0n) is 14.3. The highest BCUT2D eigenvalue weighted by Gasteiger charge is 2.48. The van der Waals surface area contributed by atoms with Crippen molar-refractivity contribution in [2.75, 3.05) is 14.2 Å². The monoisotopic (exact) mass is 346 g/mol. The van der Waals surface area contributed by atoms with Gasteiger partial charge in [-0.15, -0.1) is 0 Å². The van der Waals surface area contributed by atoms with Crippen LogP contribution >= 0.6 is 0 Å². The fraction of sp³-hybridized carbons (Fsp3) is 0.421. The number of carbonyl (C=O) groups excluding carboxylic acids is 2. The van der Waals surface area contributed by atoms with Gasteiger partial charge in [0, 0.05) is 0 Å². The quantitative estimate of drug-likeness (QED) is 0.441. The van der Waals surface area contributed by atoms with Crippen LogP contribution in [0.5, 0.6) is 0 Å². The van der Waals surface area contributed by atoms with Crippen molar-refractivity contribution in [1.82, 2.24) is 0 Å². The summed E-state index contributed by atoms with van der Waals surface area (Å²) in [6.07, 6.45) is 4.25. The number of hydrogen-bond acceptors (Lipinski definition) is 5. The van der Waals surface area contributed by atoms with E-state index in [0.29, 0.717) is 6.42 Å². The average Bonchev–Trinajstić information content (AvgIpc) is 3.40. The maximum atomic E-state index is 12.5. The van der Waals surface area contributed by atoms with Crippen LogP contribution in [-0.2, 0) is 30.3 Å². The van der Waals surface area contributed by atoms with Crippen molar-refractivity contribution in [2.24, 2.45) is 17.3 Å². The Hall–Kier alpha value is -2.63. The van der Waals surface area contributed by atoms with Gasteiger partial charge >= 0.3 is 17.9 Å². The van der Waals surface area contributed by atoms with Gasteiger partial charge in [-0.25, -0.2) is 0 Å². The van der Waals surface area contributed by atoms with Gasteiger partial charge in [-0.3, -0.25) is 14.4 Å². The van der Waals surface area contributed by atoms with Crippen molar-refractivity contribution in [3.63, 3.8) is 0 Å². The van der Waals surface area contributed by atoms with Gasteiger partial charge in [0.1, 0.15) is 0 Å². The number of ether oxygens (including phenoxy) is 2. The van der Waals surface area contributed by atoms with E-state index < -0.39 is 23.3 Å². The van der Waals surface area contributed by atoms with Gasteiger partial charge in [0.05, 0.1) is 20.1 Å². The first-order chi connectivity index (χ1) is 11.9. The summed E-state index contributed by atoms with van der Waals surface area (Å²) in [4.78, 5) is 35.8. The zero-order valence-corrected chi connectivity index (χ0v) is 14.3. The molecule has 1 aromatic rings.